The van der Waals surface area contributed by atoms with E-state index in [4.69, 9.17) is 4.74 Å². The van der Waals surface area contributed by atoms with Crippen molar-refractivity contribution in [3.63, 3.8) is 0 Å². The zero-order chi connectivity index (χ0) is 20.4. The van der Waals surface area contributed by atoms with Crippen LogP contribution < -0.4 is 4.74 Å². The molecule has 1 saturated carbocycles. The number of carbonyl (C=O) groups excluding carboxylic acids is 2. The molecule has 29 heavy (non-hydrogen) atoms. The molecule has 0 unspecified atom stereocenters. The van der Waals surface area contributed by atoms with Crippen LogP contribution in [0.5, 0.6) is 5.75 Å². The van der Waals surface area contributed by atoms with Gasteiger partial charge in [-0.3, -0.25) is 9.59 Å². The average Bonchev–Trinajstić information content (AvgIpc) is 3.55. The number of ether oxygens (including phenoxy) is 1. The molecule has 2 aromatic carbocycles. The van der Waals surface area contributed by atoms with Crippen molar-refractivity contribution in [3.8, 4) is 5.75 Å². The number of benzene rings is 2. The lowest BCUT2D eigenvalue weighted by Gasteiger charge is -2.35. The van der Waals surface area contributed by atoms with E-state index in [-0.39, 0.29) is 29.5 Å². The molecule has 4 rings (SSSR count). The maximum atomic E-state index is 13.1. The molecule has 0 N–H and O–H groups in total. The topological polar surface area (TPSA) is 49.9 Å². The lowest BCUT2D eigenvalue weighted by Crippen LogP contribution is -2.51. The van der Waals surface area contributed by atoms with Gasteiger partial charge in [0.1, 0.15) is 11.6 Å². The Balaban J connectivity index is 1.29. The highest BCUT2D eigenvalue weighted by atomic mass is 19.1. The molecule has 5 nitrogen and oxygen atoms in total. The Morgan fingerprint density at radius 1 is 0.966 bits per heavy atom. The van der Waals surface area contributed by atoms with Gasteiger partial charge in [-0.1, -0.05) is 12.1 Å². The fourth-order valence-corrected chi connectivity index (χ4v) is 3.95. The maximum absolute atomic E-state index is 13.1. The van der Waals surface area contributed by atoms with Gasteiger partial charge in [-0.2, -0.15) is 0 Å². The summed E-state index contributed by atoms with van der Waals surface area (Å²) in [5, 5.41) is 0. The minimum Gasteiger partial charge on any atom is -0.494 e. The molecule has 2 fully saturated rings. The van der Waals surface area contributed by atoms with Crippen molar-refractivity contribution in [3.05, 3.63) is 65.5 Å². The highest BCUT2D eigenvalue weighted by molar-refractivity contribution is 5.94. The molecule has 1 aliphatic carbocycles. The van der Waals surface area contributed by atoms with E-state index in [0.717, 1.165) is 17.7 Å². The van der Waals surface area contributed by atoms with Crippen LogP contribution in [0.25, 0.3) is 0 Å². The highest BCUT2D eigenvalue weighted by Crippen LogP contribution is 2.48. The molecular weight excluding hydrogens is 371 g/mol. The number of carbonyl (C=O) groups is 2. The highest BCUT2D eigenvalue weighted by Gasteiger charge is 2.46. The molecule has 0 bridgehead atoms. The molecule has 0 spiro atoms. The standard InChI is InChI=1S/C23H25FN2O3/c1-2-29-19-9-5-17(6-10-19)22(27)25-11-13-26(14-12-25)23(28)21-15-20(21)16-3-7-18(24)8-4-16/h3-10,20-21H,2,11-15H2,1H3/t20-,21+/m1/s1. The van der Waals surface area contributed by atoms with E-state index in [0.29, 0.717) is 38.3 Å². The summed E-state index contributed by atoms with van der Waals surface area (Å²) in [4.78, 5) is 29.2. The summed E-state index contributed by atoms with van der Waals surface area (Å²) in [7, 11) is 0. The summed E-state index contributed by atoms with van der Waals surface area (Å²) in [5.74, 6) is 0.786. The Hall–Kier alpha value is -2.89. The van der Waals surface area contributed by atoms with Crippen LogP contribution in [0.4, 0.5) is 4.39 Å². The smallest absolute Gasteiger partial charge is 0.253 e. The fourth-order valence-electron chi connectivity index (χ4n) is 3.95. The number of hydrogen-bond donors (Lipinski definition) is 0. The lowest BCUT2D eigenvalue weighted by molar-refractivity contribution is -0.134. The monoisotopic (exact) mass is 396 g/mol. The molecule has 1 aliphatic heterocycles. The van der Waals surface area contributed by atoms with E-state index >= 15 is 0 Å². The third-order valence-corrected chi connectivity index (χ3v) is 5.70. The number of hydrogen-bond acceptors (Lipinski definition) is 3. The Bertz CT molecular complexity index is 874. The molecule has 152 valence electrons. The molecule has 0 radical (unpaired) electrons. The molecule has 2 aromatic rings. The summed E-state index contributed by atoms with van der Waals surface area (Å²) in [6.07, 6.45) is 0.815. The van der Waals surface area contributed by atoms with Crippen LogP contribution in [0.15, 0.2) is 48.5 Å². The largest absolute Gasteiger partial charge is 0.494 e. The number of amides is 2. The zero-order valence-corrected chi connectivity index (χ0v) is 16.5. The number of halogens is 1. The molecule has 0 aromatic heterocycles. The van der Waals surface area contributed by atoms with Crippen LogP contribution in [0.3, 0.4) is 0 Å². The Morgan fingerprint density at radius 3 is 2.21 bits per heavy atom. The van der Waals surface area contributed by atoms with Crippen molar-refractivity contribution in [2.45, 2.75) is 19.3 Å². The van der Waals surface area contributed by atoms with Gasteiger partial charge in [0.15, 0.2) is 0 Å². The van der Waals surface area contributed by atoms with Crippen LogP contribution in [0, 0.1) is 11.7 Å². The summed E-state index contributed by atoms with van der Waals surface area (Å²) in [5.41, 5.74) is 1.65. The number of nitrogens with zero attached hydrogens (tertiary/aromatic N) is 2. The molecule has 1 saturated heterocycles. The predicted octanol–water partition coefficient (Wildman–Crippen LogP) is 3.31. The summed E-state index contributed by atoms with van der Waals surface area (Å²) < 4.78 is 18.5. The van der Waals surface area contributed by atoms with Gasteiger partial charge in [0.2, 0.25) is 5.91 Å². The van der Waals surface area contributed by atoms with Gasteiger partial charge >= 0.3 is 0 Å². The lowest BCUT2D eigenvalue weighted by atomic mass is 10.1. The van der Waals surface area contributed by atoms with Crippen LogP contribution in [-0.2, 0) is 4.79 Å². The van der Waals surface area contributed by atoms with Gasteiger partial charge in [-0.15, -0.1) is 0 Å². The molecule has 2 atom stereocenters. The van der Waals surface area contributed by atoms with Crippen molar-refractivity contribution in [1.82, 2.24) is 9.80 Å². The third kappa shape index (κ3) is 4.26. The molecule has 2 aliphatic rings. The second-order valence-corrected chi connectivity index (χ2v) is 7.58. The van der Waals surface area contributed by atoms with Crippen molar-refractivity contribution in [2.24, 2.45) is 5.92 Å². The maximum Gasteiger partial charge on any atom is 0.253 e. The second-order valence-electron chi connectivity index (χ2n) is 7.58. The Morgan fingerprint density at radius 2 is 1.59 bits per heavy atom. The first kappa shape index (κ1) is 19.4. The van der Waals surface area contributed by atoms with E-state index in [1.807, 2.05) is 11.8 Å². The molecule has 6 heteroatoms. The first-order valence-electron chi connectivity index (χ1n) is 10.1. The SMILES string of the molecule is CCOc1ccc(C(=O)N2CCN(C(=O)[C@H]3C[C@@H]3c3ccc(F)cc3)CC2)cc1. The number of rotatable bonds is 5. The van der Waals surface area contributed by atoms with Crippen molar-refractivity contribution in [2.75, 3.05) is 32.8 Å². The minimum absolute atomic E-state index is 0.0178. The van der Waals surface area contributed by atoms with Gasteiger partial charge in [0.25, 0.3) is 5.91 Å². The van der Waals surface area contributed by atoms with Gasteiger partial charge in [0, 0.05) is 37.7 Å². The quantitative estimate of drug-likeness (QED) is 0.779. The van der Waals surface area contributed by atoms with Crippen LogP contribution >= 0.6 is 0 Å². The minimum atomic E-state index is -0.259. The average molecular weight is 396 g/mol. The zero-order valence-electron chi connectivity index (χ0n) is 16.5. The Labute approximate surface area is 170 Å². The molecular formula is C23H25FN2O3. The first-order valence-corrected chi connectivity index (χ1v) is 10.1. The molecule has 2 amide bonds. The van der Waals surface area contributed by atoms with Gasteiger partial charge in [-0.05, 0) is 61.2 Å². The summed E-state index contributed by atoms with van der Waals surface area (Å²) >= 11 is 0. The first-order chi connectivity index (χ1) is 14.1. The van der Waals surface area contributed by atoms with Gasteiger partial charge in [0.05, 0.1) is 6.61 Å². The fraction of sp³-hybridized carbons (Fsp3) is 0.391. The third-order valence-electron chi connectivity index (χ3n) is 5.70. The van der Waals surface area contributed by atoms with Crippen molar-refractivity contribution in [1.29, 1.82) is 0 Å². The van der Waals surface area contributed by atoms with Gasteiger partial charge < -0.3 is 14.5 Å². The van der Waals surface area contributed by atoms with E-state index in [1.165, 1.54) is 12.1 Å². The predicted molar refractivity (Wildman–Crippen MR) is 107 cm³/mol. The number of piperazine rings is 1. The van der Waals surface area contributed by atoms with E-state index < -0.39 is 0 Å². The van der Waals surface area contributed by atoms with Crippen molar-refractivity contribution >= 4 is 11.8 Å². The van der Waals surface area contributed by atoms with Crippen molar-refractivity contribution < 1.29 is 18.7 Å². The normalized spacial score (nSPS) is 21.0. The van der Waals surface area contributed by atoms with E-state index in [9.17, 15) is 14.0 Å². The second kappa shape index (κ2) is 8.23. The van der Waals surface area contributed by atoms with Crippen LogP contribution in [0.2, 0.25) is 0 Å². The molecule has 1 heterocycles. The van der Waals surface area contributed by atoms with Crippen LogP contribution in [-0.4, -0.2) is 54.4 Å². The van der Waals surface area contributed by atoms with E-state index in [1.54, 1.807) is 41.3 Å². The van der Waals surface area contributed by atoms with E-state index in [2.05, 4.69) is 0 Å². The Kier molecular flexibility index (Phi) is 5.51. The van der Waals surface area contributed by atoms with Crippen LogP contribution in [0.1, 0.15) is 35.2 Å². The summed E-state index contributed by atoms with van der Waals surface area (Å²) in [6.45, 7) is 4.68. The van der Waals surface area contributed by atoms with Gasteiger partial charge in [-0.25, -0.2) is 4.39 Å². The summed E-state index contributed by atoms with van der Waals surface area (Å²) in [6, 6.07) is 13.6.